The Morgan fingerprint density at radius 2 is 1.47 bits per heavy atom. The molecule has 2 amide bonds. The van der Waals surface area contributed by atoms with Crippen molar-refractivity contribution >= 4 is 40.6 Å². The van der Waals surface area contributed by atoms with Crippen LogP contribution in [0.1, 0.15) is 5.56 Å². The van der Waals surface area contributed by atoms with E-state index >= 15 is 0 Å². The van der Waals surface area contributed by atoms with E-state index in [1.54, 1.807) is 18.2 Å². The highest BCUT2D eigenvalue weighted by Gasteiger charge is 2.04. The predicted octanol–water partition coefficient (Wildman–Crippen LogP) is 4.95. The van der Waals surface area contributed by atoms with Gasteiger partial charge in [0.1, 0.15) is 0 Å². The lowest BCUT2D eigenvalue weighted by Gasteiger charge is -2.08. The molecule has 0 radical (unpaired) electrons. The molecule has 0 heterocycles. The van der Waals surface area contributed by atoms with Gasteiger partial charge >= 0.3 is 6.03 Å². The molecule has 0 spiro atoms. The van der Waals surface area contributed by atoms with Crippen molar-refractivity contribution in [2.24, 2.45) is 0 Å². The quantitative estimate of drug-likeness (QED) is 0.809. The normalized spacial score (nSPS) is 10.1. The zero-order valence-electron chi connectivity index (χ0n) is 10.2. The van der Waals surface area contributed by atoms with Crippen LogP contribution in [0.3, 0.4) is 0 Å². The fraction of sp³-hybridized carbons (Fsp3) is 0.0714. The summed E-state index contributed by atoms with van der Waals surface area (Å²) in [4.78, 5) is 11.8. The van der Waals surface area contributed by atoms with Crippen LogP contribution < -0.4 is 10.6 Å². The number of hydrogen-bond donors (Lipinski definition) is 2. The summed E-state index contributed by atoms with van der Waals surface area (Å²) in [7, 11) is 0. The van der Waals surface area contributed by atoms with Gasteiger partial charge in [-0.2, -0.15) is 0 Å². The standard InChI is InChI=1S/C14H12Cl2N2O/c1-9-2-4-10(5-3-9)17-14(19)18-11-6-7-12(15)13(16)8-11/h2-8H,1H3,(H2,17,18,19). The van der Waals surface area contributed by atoms with Crippen LogP contribution in [0.5, 0.6) is 0 Å². The Labute approximate surface area is 121 Å². The Bertz CT molecular complexity index is 597. The van der Waals surface area contributed by atoms with Gasteiger partial charge in [0.2, 0.25) is 0 Å². The second-order valence-electron chi connectivity index (χ2n) is 4.07. The molecule has 0 unspecified atom stereocenters. The number of amides is 2. The van der Waals surface area contributed by atoms with Crippen molar-refractivity contribution in [3.63, 3.8) is 0 Å². The molecule has 0 fully saturated rings. The van der Waals surface area contributed by atoms with Gasteiger partial charge in [-0.15, -0.1) is 0 Å². The zero-order valence-corrected chi connectivity index (χ0v) is 11.7. The fourth-order valence-electron chi connectivity index (χ4n) is 1.50. The summed E-state index contributed by atoms with van der Waals surface area (Å²) in [6.07, 6.45) is 0. The molecule has 98 valence electrons. The van der Waals surface area contributed by atoms with E-state index in [4.69, 9.17) is 23.2 Å². The summed E-state index contributed by atoms with van der Waals surface area (Å²) in [6.45, 7) is 1.99. The molecule has 0 aromatic heterocycles. The third-order valence-corrected chi connectivity index (χ3v) is 3.23. The number of carbonyl (C=O) groups is 1. The van der Waals surface area contributed by atoms with Crippen molar-refractivity contribution < 1.29 is 4.79 Å². The number of rotatable bonds is 2. The third-order valence-electron chi connectivity index (χ3n) is 2.49. The van der Waals surface area contributed by atoms with Gasteiger partial charge in [-0.25, -0.2) is 4.79 Å². The Balaban J connectivity index is 2.01. The molecule has 2 aromatic carbocycles. The van der Waals surface area contributed by atoms with E-state index in [0.29, 0.717) is 15.7 Å². The van der Waals surface area contributed by atoms with E-state index in [1.807, 2.05) is 31.2 Å². The first-order valence-corrected chi connectivity index (χ1v) is 6.40. The minimum Gasteiger partial charge on any atom is -0.308 e. The summed E-state index contributed by atoms with van der Waals surface area (Å²) in [5.74, 6) is 0. The number of nitrogens with one attached hydrogen (secondary N) is 2. The molecule has 2 rings (SSSR count). The molecule has 2 N–H and O–H groups in total. The highest BCUT2D eigenvalue weighted by atomic mass is 35.5. The SMILES string of the molecule is Cc1ccc(NC(=O)Nc2ccc(Cl)c(Cl)c2)cc1. The van der Waals surface area contributed by atoms with Gasteiger partial charge in [-0.1, -0.05) is 40.9 Å². The average molecular weight is 295 g/mol. The highest BCUT2D eigenvalue weighted by molar-refractivity contribution is 6.42. The molecule has 0 atom stereocenters. The van der Waals surface area contributed by atoms with E-state index in [-0.39, 0.29) is 6.03 Å². The van der Waals surface area contributed by atoms with Crippen molar-refractivity contribution in [1.29, 1.82) is 0 Å². The number of anilines is 2. The van der Waals surface area contributed by atoms with Crippen LogP contribution in [-0.4, -0.2) is 6.03 Å². The third kappa shape index (κ3) is 3.88. The Morgan fingerprint density at radius 3 is 2.11 bits per heavy atom. The molecule has 2 aromatic rings. The molecule has 0 aliphatic carbocycles. The van der Waals surface area contributed by atoms with Gasteiger partial charge in [0, 0.05) is 11.4 Å². The van der Waals surface area contributed by atoms with Gasteiger partial charge in [0.05, 0.1) is 10.0 Å². The summed E-state index contributed by atoms with van der Waals surface area (Å²) < 4.78 is 0. The van der Waals surface area contributed by atoms with Gasteiger partial charge in [0.25, 0.3) is 0 Å². The first-order valence-electron chi connectivity index (χ1n) is 5.64. The van der Waals surface area contributed by atoms with Crippen LogP contribution in [-0.2, 0) is 0 Å². The van der Waals surface area contributed by atoms with Crippen molar-refractivity contribution in [3.05, 3.63) is 58.1 Å². The van der Waals surface area contributed by atoms with Crippen LogP contribution in [0, 0.1) is 6.92 Å². The Hall–Kier alpha value is -1.71. The van der Waals surface area contributed by atoms with Crippen LogP contribution in [0.15, 0.2) is 42.5 Å². The molecule has 3 nitrogen and oxygen atoms in total. The average Bonchev–Trinajstić information content (AvgIpc) is 2.37. The molecule has 0 saturated heterocycles. The predicted molar refractivity (Wildman–Crippen MR) is 80.3 cm³/mol. The maximum Gasteiger partial charge on any atom is 0.323 e. The number of halogens is 2. The summed E-state index contributed by atoms with van der Waals surface area (Å²) >= 11 is 11.7. The second kappa shape index (κ2) is 5.95. The van der Waals surface area contributed by atoms with Crippen molar-refractivity contribution in [2.45, 2.75) is 6.92 Å². The Kier molecular flexibility index (Phi) is 4.30. The number of hydrogen-bond acceptors (Lipinski definition) is 1. The molecular formula is C14H12Cl2N2O. The lowest BCUT2D eigenvalue weighted by atomic mass is 10.2. The summed E-state index contributed by atoms with van der Waals surface area (Å²) in [6, 6.07) is 12.1. The van der Waals surface area contributed by atoms with E-state index in [9.17, 15) is 4.79 Å². The highest BCUT2D eigenvalue weighted by Crippen LogP contribution is 2.25. The topological polar surface area (TPSA) is 41.1 Å². The molecule has 0 aliphatic heterocycles. The van der Waals surface area contributed by atoms with Crippen LogP contribution in [0.4, 0.5) is 16.2 Å². The lowest BCUT2D eigenvalue weighted by molar-refractivity contribution is 0.262. The zero-order chi connectivity index (χ0) is 13.8. The molecule has 0 saturated carbocycles. The smallest absolute Gasteiger partial charge is 0.308 e. The van der Waals surface area contributed by atoms with Crippen molar-refractivity contribution in [3.8, 4) is 0 Å². The first kappa shape index (κ1) is 13.7. The lowest BCUT2D eigenvalue weighted by Crippen LogP contribution is -2.19. The maximum absolute atomic E-state index is 11.8. The second-order valence-corrected chi connectivity index (χ2v) is 4.89. The minimum atomic E-state index is -0.331. The van der Waals surface area contributed by atoms with E-state index in [2.05, 4.69) is 10.6 Å². The molecule has 5 heteroatoms. The Morgan fingerprint density at radius 1 is 0.895 bits per heavy atom. The van der Waals surface area contributed by atoms with Crippen molar-refractivity contribution in [1.82, 2.24) is 0 Å². The molecule has 0 aliphatic rings. The summed E-state index contributed by atoms with van der Waals surface area (Å²) in [5, 5.41) is 6.25. The van der Waals surface area contributed by atoms with E-state index < -0.39 is 0 Å². The van der Waals surface area contributed by atoms with Gasteiger partial charge in [-0.3, -0.25) is 0 Å². The number of carbonyl (C=O) groups excluding carboxylic acids is 1. The van der Waals surface area contributed by atoms with Crippen LogP contribution in [0.25, 0.3) is 0 Å². The molecule has 19 heavy (non-hydrogen) atoms. The van der Waals surface area contributed by atoms with Crippen LogP contribution in [0.2, 0.25) is 10.0 Å². The first-order chi connectivity index (χ1) is 9.04. The fourth-order valence-corrected chi connectivity index (χ4v) is 1.80. The van der Waals surface area contributed by atoms with E-state index in [0.717, 1.165) is 11.3 Å². The number of aryl methyl sites for hydroxylation is 1. The maximum atomic E-state index is 11.8. The molecule has 0 bridgehead atoms. The monoisotopic (exact) mass is 294 g/mol. The van der Waals surface area contributed by atoms with E-state index in [1.165, 1.54) is 0 Å². The van der Waals surface area contributed by atoms with Crippen LogP contribution >= 0.6 is 23.2 Å². The van der Waals surface area contributed by atoms with Gasteiger partial charge in [0.15, 0.2) is 0 Å². The van der Waals surface area contributed by atoms with Crippen molar-refractivity contribution in [2.75, 3.05) is 10.6 Å². The largest absolute Gasteiger partial charge is 0.323 e. The molecular weight excluding hydrogens is 283 g/mol. The minimum absolute atomic E-state index is 0.331. The van der Waals surface area contributed by atoms with Gasteiger partial charge < -0.3 is 10.6 Å². The number of urea groups is 1. The van der Waals surface area contributed by atoms with Gasteiger partial charge in [-0.05, 0) is 37.3 Å². The number of benzene rings is 2. The summed E-state index contributed by atoms with van der Waals surface area (Å²) in [5.41, 5.74) is 2.44.